The minimum Gasteiger partial charge on any atom is -0.487 e. The highest BCUT2D eigenvalue weighted by Gasteiger charge is 2.30. The number of benzene rings is 4. The van der Waals surface area contributed by atoms with Crippen LogP contribution in [0.5, 0.6) is 5.75 Å². The molecule has 0 heterocycles. The topological polar surface area (TPSA) is 84.9 Å². The minimum absolute atomic E-state index is 0.0308. The summed E-state index contributed by atoms with van der Waals surface area (Å²) in [4.78, 5) is 24.2. The van der Waals surface area contributed by atoms with Crippen molar-refractivity contribution in [2.45, 2.75) is 18.7 Å². The highest BCUT2D eigenvalue weighted by molar-refractivity contribution is 5.92. The van der Waals surface area contributed by atoms with Crippen LogP contribution in [-0.2, 0) is 17.5 Å². The predicted octanol–water partition coefficient (Wildman–Crippen LogP) is 7.34. The molecule has 0 unspecified atom stereocenters. The van der Waals surface area contributed by atoms with Crippen LogP contribution in [0.1, 0.15) is 38.5 Å². The molecule has 0 saturated carbocycles. The zero-order chi connectivity index (χ0) is 27.6. The van der Waals surface area contributed by atoms with E-state index < -0.39 is 23.8 Å². The van der Waals surface area contributed by atoms with Crippen molar-refractivity contribution >= 4 is 17.7 Å². The minimum atomic E-state index is -4.46. The molecular weight excluding hydrogens is 511 g/mol. The highest BCUT2D eigenvalue weighted by atomic mass is 19.4. The molecule has 0 aromatic heterocycles. The predicted molar refractivity (Wildman–Crippen MR) is 138 cm³/mol. The molecule has 9 heteroatoms. The van der Waals surface area contributed by atoms with Gasteiger partial charge in [-0.05, 0) is 58.1 Å². The Balaban J connectivity index is 1.29. The van der Waals surface area contributed by atoms with Crippen molar-refractivity contribution in [2.24, 2.45) is 0 Å². The van der Waals surface area contributed by atoms with Crippen molar-refractivity contribution in [1.29, 1.82) is 0 Å². The van der Waals surface area contributed by atoms with E-state index in [9.17, 15) is 27.9 Å². The van der Waals surface area contributed by atoms with Gasteiger partial charge in [-0.3, -0.25) is 5.32 Å². The number of amides is 1. The van der Waals surface area contributed by atoms with E-state index in [1.165, 1.54) is 30.3 Å². The Bertz CT molecular complexity index is 1490. The molecule has 198 valence electrons. The molecule has 0 saturated heterocycles. The molecule has 4 aromatic rings. The number of hydrogen-bond acceptors (Lipinski definition) is 4. The monoisotopic (exact) mass is 533 g/mol. The van der Waals surface area contributed by atoms with Crippen molar-refractivity contribution < 1.29 is 37.3 Å². The molecule has 2 N–H and O–H groups in total. The average Bonchev–Trinajstić information content (AvgIpc) is 3.24. The van der Waals surface area contributed by atoms with E-state index in [1.807, 2.05) is 48.5 Å². The van der Waals surface area contributed by atoms with E-state index in [2.05, 4.69) is 5.32 Å². The molecule has 1 amide bonds. The number of carbonyl (C=O) groups is 2. The van der Waals surface area contributed by atoms with Gasteiger partial charge in [-0.1, -0.05) is 60.7 Å². The third-order valence-corrected chi connectivity index (χ3v) is 6.48. The fourth-order valence-corrected chi connectivity index (χ4v) is 4.57. The Labute approximate surface area is 221 Å². The van der Waals surface area contributed by atoms with E-state index in [0.717, 1.165) is 34.4 Å². The Hall–Kier alpha value is -4.79. The van der Waals surface area contributed by atoms with E-state index in [-0.39, 0.29) is 36.1 Å². The number of hydrogen-bond donors (Lipinski definition) is 2. The number of halogens is 3. The molecule has 4 aromatic carbocycles. The summed E-state index contributed by atoms with van der Waals surface area (Å²) in [5.41, 5.74) is 3.98. The van der Waals surface area contributed by atoms with Crippen molar-refractivity contribution in [3.63, 3.8) is 0 Å². The first-order valence-corrected chi connectivity index (χ1v) is 12.0. The average molecular weight is 534 g/mol. The fourth-order valence-electron chi connectivity index (χ4n) is 4.57. The zero-order valence-corrected chi connectivity index (χ0v) is 20.4. The smallest absolute Gasteiger partial charge is 0.416 e. The van der Waals surface area contributed by atoms with Crippen LogP contribution >= 0.6 is 0 Å². The summed E-state index contributed by atoms with van der Waals surface area (Å²) >= 11 is 0. The summed E-state index contributed by atoms with van der Waals surface area (Å²) in [7, 11) is 0. The standard InChI is InChI=1S/C30H22F3NO5/c31-30(32,33)20-12-9-18(10-13-20)16-38-27-15-19(28(35)36)11-14-26(27)34-29(37)39-17-25-23-7-3-1-5-21(23)22-6-2-4-8-24(22)25/h1-15,25H,16-17H2,(H,34,37)(H,35,36). The molecule has 0 radical (unpaired) electrons. The van der Waals surface area contributed by atoms with Gasteiger partial charge in [0, 0.05) is 5.92 Å². The molecule has 5 rings (SSSR count). The number of ether oxygens (including phenoxy) is 2. The van der Waals surface area contributed by atoms with Crippen LogP contribution in [-0.4, -0.2) is 23.8 Å². The first-order chi connectivity index (χ1) is 18.7. The van der Waals surface area contributed by atoms with Gasteiger partial charge < -0.3 is 14.6 Å². The van der Waals surface area contributed by atoms with E-state index in [0.29, 0.717) is 5.56 Å². The second-order valence-corrected chi connectivity index (χ2v) is 8.95. The van der Waals surface area contributed by atoms with Gasteiger partial charge in [-0.2, -0.15) is 13.2 Å². The third kappa shape index (κ3) is 5.57. The SMILES string of the molecule is O=C(Nc1ccc(C(=O)O)cc1OCc1ccc(C(F)(F)F)cc1)OCC1c2ccccc2-c2ccccc21. The highest BCUT2D eigenvalue weighted by Crippen LogP contribution is 2.44. The van der Waals surface area contributed by atoms with E-state index in [4.69, 9.17) is 9.47 Å². The molecule has 39 heavy (non-hydrogen) atoms. The van der Waals surface area contributed by atoms with Gasteiger partial charge in [-0.15, -0.1) is 0 Å². The van der Waals surface area contributed by atoms with E-state index >= 15 is 0 Å². The lowest BCUT2D eigenvalue weighted by Gasteiger charge is -2.16. The van der Waals surface area contributed by atoms with Crippen LogP contribution in [0.2, 0.25) is 0 Å². The van der Waals surface area contributed by atoms with Gasteiger partial charge in [0.15, 0.2) is 0 Å². The molecule has 0 aliphatic heterocycles. The first-order valence-electron chi connectivity index (χ1n) is 12.0. The van der Waals surface area contributed by atoms with Crippen LogP contribution in [0, 0.1) is 0 Å². The van der Waals surface area contributed by atoms with Crippen LogP contribution in [0.15, 0.2) is 91.0 Å². The van der Waals surface area contributed by atoms with Gasteiger partial charge in [0.2, 0.25) is 0 Å². The number of carboxylic acids is 1. The second kappa shape index (κ2) is 10.5. The normalized spacial score (nSPS) is 12.4. The number of carbonyl (C=O) groups excluding carboxylic acids is 1. The Kier molecular flexibility index (Phi) is 6.98. The molecular formula is C30H22F3NO5. The largest absolute Gasteiger partial charge is 0.487 e. The number of aromatic carboxylic acids is 1. The molecule has 0 spiro atoms. The summed E-state index contributed by atoms with van der Waals surface area (Å²) in [6.07, 6.45) is -5.23. The summed E-state index contributed by atoms with van der Waals surface area (Å²) in [5, 5.41) is 12.0. The molecule has 0 atom stereocenters. The number of carboxylic acid groups (broad SMARTS) is 1. The van der Waals surface area contributed by atoms with Crippen molar-refractivity contribution in [1.82, 2.24) is 0 Å². The molecule has 1 aliphatic rings. The van der Waals surface area contributed by atoms with Gasteiger partial charge in [0.05, 0.1) is 16.8 Å². The Morgan fingerprint density at radius 3 is 2.05 bits per heavy atom. The maximum Gasteiger partial charge on any atom is 0.416 e. The molecule has 0 fully saturated rings. The number of rotatable bonds is 7. The number of alkyl halides is 3. The summed E-state index contributed by atoms with van der Waals surface area (Å²) in [6.45, 7) is -0.0740. The lowest BCUT2D eigenvalue weighted by atomic mass is 9.98. The summed E-state index contributed by atoms with van der Waals surface area (Å²) in [6, 6.07) is 24.1. The molecule has 1 aliphatic carbocycles. The number of fused-ring (bicyclic) bond motifs is 3. The molecule has 6 nitrogen and oxygen atoms in total. The van der Waals surface area contributed by atoms with Gasteiger partial charge in [-0.25, -0.2) is 9.59 Å². The summed E-state index contributed by atoms with van der Waals surface area (Å²) in [5.74, 6) is -1.32. The number of nitrogens with one attached hydrogen (secondary N) is 1. The number of anilines is 1. The third-order valence-electron chi connectivity index (χ3n) is 6.48. The van der Waals surface area contributed by atoms with Crippen molar-refractivity contribution in [3.8, 4) is 16.9 Å². The van der Waals surface area contributed by atoms with Crippen LogP contribution < -0.4 is 10.1 Å². The second-order valence-electron chi connectivity index (χ2n) is 8.95. The van der Waals surface area contributed by atoms with Crippen molar-refractivity contribution in [2.75, 3.05) is 11.9 Å². The van der Waals surface area contributed by atoms with Crippen LogP contribution in [0.3, 0.4) is 0 Å². The van der Waals surface area contributed by atoms with Crippen LogP contribution in [0.25, 0.3) is 11.1 Å². The quantitative estimate of drug-likeness (QED) is 0.260. The maximum absolute atomic E-state index is 12.8. The Morgan fingerprint density at radius 2 is 1.46 bits per heavy atom. The first kappa shape index (κ1) is 25.8. The van der Waals surface area contributed by atoms with Gasteiger partial charge in [0.1, 0.15) is 19.0 Å². The molecule has 0 bridgehead atoms. The maximum atomic E-state index is 12.8. The van der Waals surface area contributed by atoms with Gasteiger partial charge >= 0.3 is 18.2 Å². The van der Waals surface area contributed by atoms with Gasteiger partial charge in [0.25, 0.3) is 0 Å². The summed E-state index contributed by atoms with van der Waals surface area (Å²) < 4.78 is 49.8. The van der Waals surface area contributed by atoms with E-state index in [1.54, 1.807) is 0 Å². The Morgan fingerprint density at radius 1 is 0.846 bits per heavy atom. The lowest BCUT2D eigenvalue weighted by molar-refractivity contribution is -0.137. The van der Waals surface area contributed by atoms with Crippen molar-refractivity contribution in [3.05, 3.63) is 119 Å². The van der Waals surface area contributed by atoms with Crippen LogP contribution in [0.4, 0.5) is 23.7 Å². The zero-order valence-electron chi connectivity index (χ0n) is 20.4. The fraction of sp³-hybridized carbons (Fsp3) is 0.133. The lowest BCUT2D eigenvalue weighted by Crippen LogP contribution is -2.18.